The summed E-state index contributed by atoms with van der Waals surface area (Å²) in [7, 11) is 0. The summed E-state index contributed by atoms with van der Waals surface area (Å²) in [6.07, 6.45) is 1.37. The number of benzene rings is 2. The second-order valence-electron chi connectivity index (χ2n) is 5.64. The van der Waals surface area contributed by atoms with Gasteiger partial charge < -0.3 is 16.0 Å². The molecule has 0 aromatic heterocycles. The van der Waals surface area contributed by atoms with Crippen LogP contribution in [0.2, 0.25) is 5.02 Å². The van der Waals surface area contributed by atoms with E-state index in [1.807, 2.05) is 30.3 Å². The van der Waals surface area contributed by atoms with Crippen molar-refractivity contribution in [1.82, 2.24) is 4.90 Å². The highest BCUT2D eigenvalue weighted by Crippen LogP contribution is 2.20. The summed E-state index contributed by atoms with van der Waals surface area (Å²) in [6, 6.07) is 17.6. The zero-order valence-electron chi connectivity index (χ0n) is 14.2. The summed E-state index contributed by atoms with van der Waals surface area (Å²) in [5.41, 5.74) is 7.63. The largest absolute Gasteiger partial charge is 0.329 e. The van der Waals surface area contributed by atoms with E-state index in [-0.39, 0.29) is 18.3 Å². The van der Waals surface area contributed by atoms with Crippen LogP contribution >= 0.6 is 24.0 Å². The molecule has 3 N–H and O–H groups in total. The fourth-order valence-electron chi connectivity index (χ4n) is 2.48. The van der Waals surface area contributed by atoms with Gasteiger partial charge in [-0.3, -0.25) is 4.79 Å². The van der Waals surface area contributed by atoms with E-state index in [4.69, 9.17) is 17.3 Å². The van der Waals surface area contributed by atoms with Crippen molar-refractivity contribution in [2.45, 2.75) is 12.8 Å². The van der Waals surface area contributed by atoms with Crippen molar-refractivity contribution in [3.05, 3.63) is 65.2 Å². The fraction of sp³-hybridized carbons (Fsp3) is 0.316. The van der Waals surface area contributed by atoms with Crippen molar-refractivity contribution < 1.29 is 4.79 Å². The fourth-order valence-corrected chi connectivity index (χ4v) is 2.67. The predicted molar refractivity (Wildman–Crippen MR) is 108 cm³/mol. The van der Waals surface area contributed by atoms with Crippen LogP contribution in [-0.4, -0.2) is 37.0 Å². The molecular formula is C19H25Cl2N3O. The Morgan fingerprint density at radius 3 is 2.36 bits per heavy atom. The summed E-state index contributed by atoms with van der Waals surface area (Å²) in [5, 5.41) is 3.40. The highest BCUT2D eigenvalue weighted by molar-refractivity contribution is 6.33. The Labute approximate surface area is 160 Å². The highest BCUT2D eigenvalue weighted by atomic mass is 35.5. The normalized spacial score (nSPS) is 10.4. The molecule has 2 aromatic rings. The van der Waals surface area contributed by atoms with Crippen molar-refractivity contribution >= 4 is 35.6 Å². The van der Waals surface area contributed by atoms with Gasteiger partial charge in [-0.15, -0.1) is 12.4 Å². The molecule has 0 aliphatic carbocycles. The van der Waals surface area contributed by atoms with Gasteiger partial charge in [-0.25, -0.2) is 0 Å². The first kappa shape index (κ1) is 21.5. The maximum absolute atomic E-state index is 12.1. The van der Waals surface area contributed by atoms with E-state index in [1.54, 1.807) is 12.1 Å². The number of hydrogen-bond acceptors (Lipinski definition) is 3. The number of amides is 1. The molecule has 25 heavy (non-hydrogen) atoms. The van der Waals surface area contributed by atoms with Gasteiger partial charge in [0, 0.05) is 32.6 Å². The molecule has 0 radical (unpaired) electrons. The molecule has 0 unspecified atom stereocenters. The highest BCUT2D eigenvalue weighted by Gasteiger charge is 2.09. The van der Waals surface area contributed by atoms with E-state index < -0.39 is 0 Å². The molecular weight excluding hydrogens is 357 g/mol. The van der Waals surface area contributed by atoms with E-state index in [9.17, 15) is 4.79 Å². The Balaban J connectivity index is 0.00000312. The lowest BCUT2D eigenvalue weighted by atomic mass is 10.1. The zero-order valence-corrected chi connectivity index (χ0v) is 15.7. The van der Waals surface area contributed by atoms with Crippen molar-refractivity contribution in [3.8, 4) is 0 Å². The van der Waals surface area contributed by atoms with Crippen LogP contribution in [0, 0.1) is 0 Å². The number of carbonyl (C=O) groups is 1. The second kappa shape index (κ2) is 11.9. The predicted octanol–water partition coefficient (Wildman–Crippen LogP) is 3.59. The summed E-state index contributed by atoms with van der Waals surface area (Å²) >= 11 is 6.06. The molecule has 6 heteroatoms. The third-order valence-electron chi connectivity index (χ3n) is 3.81. The van der Waals surface area contributed by atoms with Crippen LogP contribution in [0.1, 0.15) is 12.0 Å². The van der Waals surface area contributed by atoms with Crippen LogP contribution in [0.3, 0.4) is 0 Å². The molecule has 0 atom stereocenters. The lowest BCUT2D eigenvalue weighted by Gasteiger charge is -2.21. The Kier molecular flexibility index (Phi) is 10.2. The third kappa shape index (κ3) is 7.88. The van der Waals surface area contributed by atoms with Gasteiger partial charge in [0.25, 0.3) is 0 Å². The van der Waals surface area contributed by atoms with Gasteiger partial charge in [-0.2, -0.15) is 0 Å². The lowest BCUT2D eigenvalue weighted by molar-refractivity contribution is -0.116. The van der Waals surface area contributed by atoms with E-state index >= 15 is 0 Å². The van der Waals surface area contributed by atoms with Crippen LogP contribution in [0.15, 0.2) is 54.6 Å². The van der Waals surface area contributed by atoms with Gasteiger partial charge >= 0.3 is 0 Å². The molecule has 2 aromatic carbocycles. The van der Waals surface area contributed by atoms with E-state index in [2.05, 4.69) is 22.3 Å². The van der Waals surface area contributed by atoms with Gasteiger partial charge in [-0.05, 0) is 24.1 Å². The minimum Gasteiger partial charge on any atom is -0.329 e. The third-order valence-corrected chi connectivity index (χ3v) is 4.14. The number of anilines is 1. The minimum atomic E-state index is -0.0372. The number of carbonyl (C=O) groups excluding carboxylic acids is 1. The maximum Gasteiger partial charge on any atom is 0.225 e. The average molecular weight is 382 g/mol. The maximum atomic E-state index is 12.1. The molecule has 0 saturated heterocycles. The smallest absolute Gasteiger partial charge is 0.225 e. The summed E-state index contributed by atoms with van der Waals surface area (Å²) in [4.78, 5) is 14.3. The van der Waals surface area contributed by atoms with Gasteiger partial charge in [-0.1, -0.05) is 54.1 Å². The molecule has 1 amide bonds. The van der Waals surface area contributed by atoms with Gasteiger partial charge in [0.2, 0.25) is 5.91 Å². The average Bonchev–Trinajstić information content (AvgIpc) is 2.60. The standard InChI is InChI=1S/C19H24ClN3O.ClH/c20-17-8-4-5-9-18(17)22-19(24)11-14-23(15-12-21)13-10-16-6-2-1-3-7-16;/h1-9H,10-15,21H2,(H,22,24);1H. The van der Waals surface area contributed by atoms with E-state index in [0.717, 1.165) is 19.5 Å². The summed E-state index contributed by atoms with van der Waals surface area (Å²) in [5.74, 6) is -0.0372. The van der Waals surface area contributed by atoms with Gasteiger partial charge in [0.05, 0.1) is 10.7 Å². The Morgan fingerprint density at radius 2 is 1.68 bits per heavy atom. The molecule has 0 fully saturated rings. The van der Waals surface area contributed by atoms with Crippen LogP contribution in [-0.2, 0) is 11.2 Å². The number of halogens is 2. The van der Waals surface area contributed by atoms with E-state index in [1.165, 1.54) is 5.56 Å². The number of hydrogen-bond donors (Lipinski definition) is 2. The van der Waals surface area contributed by atoms with Crippen molar-refractivity contribution in [2.75, 3.05) is 31.5 Å². The number of nitrogens with two attached hydrogens (primary N) is 1. The number of nitrogens with zero attached hydrogens (tertiary/aromatic N) is 1. The van der Waals surface area contributed by atoms with Crippen LogP contribution < -0.4 is 11.1 Å². The van der Waals surface area contributed by atoms with Crippen LogP contribution in [0.25, 0.3) is 0 Å². The molecule has 2 rings (SSSR count). The molecule has 0 spiro atoms. The lowest BCUT2D eigenvalue weighted by Crippen LogP contribution is -2.34. The molecule has 0 saturated carbocycles. The molecule has 0 aliphatic rings. The quantitative estimate of drug-likeness (QED) is 0.697. The minimum absolute atomic E-state index is 0. The monoisotopic (exact) mass is 381 g/mol. The molecule has 4 nitrogen and oxygen atoms in total. The molecule has 136 valence electrons. The van der Waals surface area contributed by atoms with Crippen LogP contribution in [0.5, 0.6) is 0 Å². The number of nitrogens with one attached hydrogen (secondary N) is 1. The number of para-hydroxylation sites is 1. The number of rotatable bonds is 9. The zero-order chi connectivity index (χ0) is 17.2. The topological polar surface area (TPSA) is 58.4 Å². The van der Waals surface area contributed by atoms with Crippen molar-refractivity contribution in [3.63, 3.8) is 0 Å². The summed E-state index contributed by atoms with van der Waals surface area (Å²) < 4.78 is 0. The Morgan fingerprint density at radius 1 is 1.00 bits per heavy atom. The second-order valence-corrected chi connectivity index (χ2v) is 6.05. The van der Waals surface area contributed by atoms with Gasteiger partial charge in [0.1, 0.15) is 0 Å². The SMILES string of the molecule is Cl.NCCN(CCC(=O)Nc1ccccc1Cl)CCc1ccccc1. The Hall–Kier alpha value is -1.59. The molecule has 0 bridgehead atoms. The van der Waals surface area contributed by atoms with Crippen LogP contribution in [0.4, 0.5) is 5.69 Å². The Bertz CT molecular complexity index is 638. The summed E-state index contributed by atoms with van der Waals surface area (Å²) in [6.45, 7) is 2.94. The first-order valence-electron chi connectivity index (χ1n) is 8.20. The molecule has 0 heterocycles. The van der Waals surface area contributed by atoms with Gasteiger partial charge in [0.15, 0.2) is 0 Å². The molecule has 0 aliphatic heterocycles. The van der Waals surface area contributed by atoms with Crippen molar-refractivity contribution in [1.29, 1.82) is 0 Å². The first-order chi connectivity index (χ1) is 11.7. The van der Waals surface area contributed by atoms with Crippen molar-refractivity contribution in [2.24, 2.45) is 5.73 Å². The van der Waals surface area contributed by atoms with E-state index in [0.29, 0.717) is 30.2 Å². The first-order valence-corrected chi connectivity index (χ1v) is 8.57.